The Hall–Kier alpha value is -2.11. The number of fused-ring (bicyclic) bond motifs is 1. The number of rotatable bonds is 1. The number of piperidine rings is 1. The largest absolute Gasteiger partial charge is 0.493 e. The molecule has 0 radical (unpaired) electrons. The van der Waals surface area contributed by atoms with E-state index in [9.17, 15) is 9.90 Å². The summed E-state index contributed by atoms with van der Waals surface area (Å²) in [5, 5.41) is 10.4. The Balaban J connectivity index is 2.19. The minimum atomic E-state index is -0.367. The molecule has 1 aliphatic heterocycles. The standard InChI is InChI=1S/C16H21N3O3/c1-16(2,3)12-10(15(21)19-7-5-4-6-8-19)11-13(20)17-9-18-14(11)22-12/h9H,4-8H2,1-3H3,(H,17,18,20). The van der Waals surface area contributed by atoms with E-state index in [-0.39, 0.29) is 22.9 Å². The van der Waals surface area contributed by atoms with Crippen molar-refractivity contribution in [1.82, 2.24) is 14.9 Å². The van der Waals surface area contributed by atoms with Crippen molar-refractivity contribution in [3.8, 4) is 5.88 Å². The number of carbonyl (C=O) groups excluding carboxylic acids is 1. The monoisotopic (exact) mass is 303 g/mol. The van der Waals surface area contributed by atoms with Crippen molar-refractivity contribution in [2.45, 2.75) is 45.4 Å². The maximum Gasteiger partial charge on any atom is 0.258 e. The minimum Gasteiger partial charge on any atom is -0.493 e. The number of furan rings is 1. The second kappa shape index (κ2) is 5.26. The molecule has 0 saturated carbocycles. The van der Waals surface area contributed by atoms with Gasteiger partial charge in [-0.3, -0.25) is 4.79 Å². The van der Waals surface area contributed by atoms with Gasteiger partial charge in [-0.1, -0.05) is 20.8 Å². The van der Waals surface area contributed by atoms with Crippen LogP contribution in [0.2, 0.25) is 0 Å². The summed E-state index contributed by atoms with van der Waals surface area (Å²) in [5.41, 5.74) is 0.300. The fourth-order valence-electron chi connectivity index (χ4n) is 2.91. The Kier molecular flexibility index (Phi) is 3.54. The van der Waals surface area contributed by atoms with Gasteiger partial charge in [0.15, 0.2) is 0 Å². The van der Waals surface area contributed by atoms with Gasteiger partial charge in [-0.2, -0.15) is 0 Å². The van der Waals surface area contributed by atoms with Crippen molar-refractivity contribution in [3.63, 3.8) is 0 Å². The lowest BCUT2D eigenvalue weighted by molar-refractivity contribution is 0.0721. The summed E-state index contributed by atoms with van der Waals surface area (Å²) < 4.78 is 5.80. The molecule has 3 rings (SSSR count). The van der Waals surface area contributed by atoms with Crippen molar-refractivity contribution < 1.29 is 14.3 Å². The summed E-state index contributed by atoms with van der Waals surface area (Å²) in [6, 6.07) is 0. The van der Waals surface area contributed by atoms with Gasteiger partial charge in [-0.25, -0.2) is 9.97 Å². The second-order valence-electron chi connectivity index (χ2n) is 6.79. The van der Waals surface area contributed by atoms with Crippen LogP contribution >= 0.6 is 0 Å². The Morgan fingerprint density at radius 1 is 1.23 bits per heavy atom. The van der Waals surface area contributed by atoms with Crippen LogP contribution in [0, 0.1) is 0 Å². The van der Waals surface area contributed by atoms with Gasteiger partial charge in [-0.15, -0.1) is 0 Å². The van der Waals surface area contributed by atoms with E-state index in [0.29, 0.717) is 16.7 Å². The molecule has 0 spiro atoms. The quantitative estimate of drug-likeness (QED) is 0.876. The Labute approximate surface area is 129 Å². The van der Waals surface area contributed by atoms with Gasteiger partial charge in [0.1, 0.15) is 17.5 Å². The molecule has 2 aromatic heterocycles. The van der Waals surface area contributed by atoms with Crippen LogP contribution in [-0.2, 0) is 5.41 Å². The molecule has 0 bridgehead atoms. The van der Waals surface area contributed by atoms with Crippen LogP contribution in [0.4, 0.5) is 0 Å². The molecule has 6 nitrogen and oxygen atoms in total. The van der Waals surface area contributed by atoms with Crippen molar-refractivity contribution in [3.05, 3.63) is 17.7 Å². The topological polar surface area (TPSA) is 79.5 Å². The van der Waals surface area contributed by atoms with Gasteiger partial charge >= 0.3 is 0 Å². The number of amides is 1. The highest BCUT2D eigenvalue weighted by Crippen LogP contribution is 2.37. The summed E-state index contributed by atoms with van der Waals surface area (Å²) in [6.07, 6.45) is 4.41. The molecule has 1 N–H and O–H groups in total. The van der Waals surface area contributed by atoms with Crippen LogP contribution in [-0.4, -0.2) is 39.0 Å². The molecule has 0 atom stereocenters. The average Bonchev–Trinajstić information content (AvgIpc) is 2.88. The Bertz CT molecular complexity index is 709. The highest BCUT2D eigenvalue weighted by Gasteiger charge is 2.34. The maximum absolute atomic E-state index is 13.0. The maximum atomic E-state index is 13.0. The Morgan fingerprint density at radius 2 is 1.91 bits per heavy atom. The van der Waals surface area contributed by atoms with Gasteiger partial charge in [0.2, 0.25) is 11.6 Å². The van der Waals surface area contributed by atoms with Crippen molar-refractivity contribution in [2.24, 2.45) is 0 Å². The molecule has 118 valence electrons. The smallest absolute Gasteiger partial charge is 0.258 e. The first-order chi connectivity index (χ1) is 10.4. The van der Waals surface area contributed by atoms with Gasteiger partial charge in [0.25, 0.3) is 5.91 Å². The number of nitrogens with zero attached hydrogens (tertiary/aromatic N) is 3. The molecule has 1 aliphatic rings. The number of carbonyl (C=O) groups is 1. The van der Waals surface area contributed by atoms with E-state index in [1.165, 1.54) is 6.33 Å². The summed E-state index contributed by atoms with van der Waals surface area (Å²) >= 11 is 0. The van der Waals surface area contributed by atoms with Gasteiger partial charge < -0.3 is 14.4 Å². The van der Waals surface area contributed by atoms with E-state index in [0.717, 1.165) is 32.4 Å². The van der Waals surface area contributed by atoms with Gasteiger partial charge in [0, 0.05) is 18.5 Å². The molecule has 3 heterocycles. The lowest BCUT2D eigenvalue weighted by Crippen LogP contribution is -2.36. The molecule has 1 amide bonds. The molecule has 0 aromatic carbocycles. The average molecular weight is 303 g/mol. The zero-order chi connectivity index (χ0) is 15.9. The van der Waals surface area contributed by atoms with Gasteiger partial charge in [-0.05, 0) is 19.3 Å². The molecule has 1 fully saturated rings. The summed E-state index contributed by atoms with van der Waals surface area (Å²) in [6.45, 7) is 7.40. The molecular formula is C16H21N3O3. The summed E-state index contributed by atoms with van der Waals surface area (Å²) in [4.78, 5) is 22.7. The highest BCUT2D eigenvalue weighted by atomic mass is 16.3. The molecule has 2 aromatic rings. The molecular weight excluding hydrogens is 282 g/mol. The van der Waals surface area contributed by atoms with Crippen molar-refractivity contribution >= 4 is 17.0 Å². The third kappa shape index (κ3) is 2.42. The zero-order valence-electron chi connectivity index (χ0n) is 13.2. The normalized spacial score (nSPS) is 16.2. The zero-order valence-corrected chi connectivity index (χ0v) is 13.2. The van der Waals surface area contributed by atoms with E-state index in [2.05, 4.69) is 9.97 Å². The van der Waals surface area contributed by atoms with E-state index in [1.54, 1.807) is 0 Å². The first-order valence-electron chi connectivity index (χ1n) is 7.66. The number of hydrogen-bond acceptors (Lipinski definition) is 5. The molecule has 6 heteroatoms. The third-order valence-corrected chi connectivity index (χ3v) is 4.01. The van der Waals surface area contributed by atoms with Crippen LogP contribution in [0.1, 0.15) is 56.2 Å². The van der Waals surface area contributed by atoms with E-state index in [1.807, 2.05) is 25.7 Å². The van der Waals surface area contributed by atoms with Crippen molar-refractivity contribution in [1.29, 1.82) is 0 Å². The minimum absolute atomic E-state index is 0.103. The fraction of sp³-hybridized carbons (Fsp3) is 0.562. The van der Waals surface area contributed by atoms with Crippen LogP contribution in [0.25, 0.3) is 11.1 Å². The van der Waals surface area contributed by atoms with Crippen LogP contribution in [0.3, 0.4) is 0 Å². The predicted octanol–water partition coefficient (Wildman–Crippen LogP) is 2.85. The predicted molar refractivity (Wildman–Crippen MR) is 81.9 cm³/mol. The first kappa shape index (κ1) is 14.8. The number of aromatic nitrogens is 2. The lowest BCUT2D eigenvalue weighted by atomic mass is 9.89. The van der Waals surface area contributed by atoms with Crippen LogP contribution < -0.4 is 0 Å². The Morgan fingerprint density at radius 3 is 2.55 bits per heavy atom. The second-order valence-corrected chi connectivity index (χ2v) is 6.79. The number of aromatic hydroxyl groups is 1. The molecule has 22 heavy (non-hydrogen) atoms. The van der Waals surface area contributed by atoms with Crippen LogP contribution in [0.15, 0.2) is 10.7 Å². The van der Waals surface area contributed by atoms with E-state index < -0.39 is 0 Å². The molecule has 0 aliphatic carbocycles. The van der Waals surface area contributed by atoms with E-state index >= 15 is 0 Å². The highest BCUT2D eigenvalue weighted by molar-refractivity contribution is 6.08. The SMILES string of the molecule is CC(C)(C)c1oc2ncnc(O)c2c1C(=O)N1CCCCC1. The summed E-state index contributed by atoms with van der Waals surface area (Å²) in [5.74, 6) is 0.243. The molecule has 0 unspecified atom stereocenters. The number of likely N-dealkylation sites (tertiary alicyclic amines) is 1. The van der Waals surface area contributed by atoms with Crippen molar-refractivity contribution in [2.75, 3.05) is 13.1 Å². The number of hydrogen-bond donors (Lipinski definition) is 1. The van der Waals surface area contributed by atoms with Crippen LogP contribution in [0.5, 0.6) is 5.88 Å². The molecule has 1 saturated heterocycles. The fourth-order valence-corrected chi connectivity index (χ4v) is 2.91. The summed E-state index contributed by atoms with van der Waals surface area (Å²) in [7, 11) is 0. The van der Waals surface area contributed by atoms with E-state index in [4.69, 9.17) is 4.42 Å². The lowest BCUT2D eigenvalue weighted by Gasteiger charge is -2.27. The third-order valence-electron chi connectivity index (χ3n) is 4.01. The van der Waals surface area contributed by atoms with Gasteiger partial charge in [0.05, 0.1) is 5.56 Å². The first-order valence-corrected chi connectivity index (χ1v) is 7.66.